The summed E-state index contributed by atoms with van der Waals surface area (Å²) in [6.07, 6.45) is 11.7. The van der Waals surface area contributed by atoms with Crippen LogP contribution < -0.4 is 4.74 Å². The van der Waals surface area contributed by atoms with Crippen molar-refractivity contribution in [2.75, 3.05) is 7.11 Å². The van der Waals surface area contributed by atoms with E-state index in [1.54, 1.807) is 43.5 Å². The number of carbonyl (C=O) groups is 1. The first-order valence-corrected chi connectivity index (χ1v) is 12.6. The summed E-state index contributed by atoms with van der Waals surface area (Å²) in [5, 5.41) is -0.408. The first-order valence-electron chi connectivity index (χ1n) is 11.4. The van der Waals surface area contributed by atoms with E-state index >= 15 is 0 Å². The van der Waals surface area contributed by atoms with Gasteiger partial charge in [-0.2, -0.15) is 0 Å². The molecule has 0 amide bonds. The minimum atomic E-state index is -1.92. The van der Waals surface area contributed by atoms with Gasteiger partial charge in [0.1, 0.15) is 5.75 Å². The highest BCUT2D eigenvalue weighted by Crippen LogP contribution is 2.27. The molecule has 2 atom stereocenters. The molecule has 0 radical (unpaired) electrons. The zero-order valence-corrected chi connectivity index (χ0v) is 19.7. The lowest BCUT2D eigenvalue weighted by atomic mass is 9.99. The van der Waals surface area contributed by atoms with Crippen molar-refractivity contribution in [3.8, 4) is 5.75 Å². The Morgan fingerprint density at radius 3 is 1.81 bits per heavy atom. The number of methoxy groups -OCH3 is 1. The molecule has 4 nitrogen and oxygen atoms in total. The van der Waals surface area contributed by atoms with Crippen LogP contribution in [0.25, 0.3) is 0 Å². The second kappa shape index (κ2) is 14.2. The minimum Gasteiger partial charge on any atom is -0.497 e. The van der Waals surface area contributed by atoms with Crippen molar-refractivity contribution in [1.82, 2.24) is 0 Å². The van der Waals surface area contributed by atoms with Gasteiger partial charge in [0.25, 0.3) is 0 Å². The van der Waals surface area contributed by atoms with Gasteiger partial charge in [-0.05, 0) is 36.2 Å². The predicted molar refractivity (Wildman–Crippen MR) is 128 cm³/mol. The largest absolute Gasteiger partial charge is 0.497 e. The van der Waals surface area contributed by atoms with Crippen molar-refractivity contribution < 1.29 is 18.3 Å². The quantitative estimate of drug-likeness (QED) is 0.181. The molecule has 170 valence electrons. The molecule has 5 heteroatoms. The Hall–Kier alpha value is -1.98. The molecular weight excluding hydrogens is 408 g/mol. The van der Waals surface area contributed by atoms with E-state index in [2.05, 4.69) is 6.92 Å². The molecule has 0 aliphatic heterocycles. The molecule has 0 aliphatic rings. The number of benzene rings is 2. The van der Waals surface area contributed by atoms with E-state index in [0.717, 1.165) is 18.4 Å². The monoisotopic (exact) mass is 444 g/mol. The molecule has 0 aromatic heterocycles. The summed E-state index contributed by atoms with van der Waals surface area (Å²) >= 11 is -1.92. The molecule has 0 fully saturated rings. The molecule has 2 aromatic rings. The summed E-state index contributed by atoms with van der Waals surface area (Å²) in [5.74, 6) is 0.631. The average Bonchev–Trinajstić information content (AvgIpc) is 2.80. The Bertz CT molecular complexity index is 799. The number of unbranched alkanes of at least 4 members (excludes halogenated alkanes) is 8. The number of ketones is 1. The van der Waals surface area contributed by atoms with Gasteiger partial charge in [0, 0.05) is 11.1 Å². The zero-order valence-electron chi connectivity index (χ0n) is 18.8. The van der Waals surface area contributed by atoms with Crippen molar-refractivity contribution in [3.05, 3.63) is 65.2 Å². The molecule has 2 rings (SSSR count). The number of ether oxygens (including phenoxy) is 1. The fourth-order valence-corrected chi connectivity index (χ4v) is 4.54. The van der Waals surface area contributed by atoms with E-state index in [-0.39, 0.29) is 5.78 Å². The lowest BCUT2D eigenvalue weighted by Crippen LogP contribution is -2.07. The first kappa shape index (κ1) is 25.3. The molecule has 0 heterocycles. The topological polar surface area (TPSA) is 63.6 Å². The van der Waals surface area contributed by atoms with Gasteiger partial charge in [-0.1, -0.05) is 89.0 Å². The van der Waals surface area contributed by atoms with E-state index in [1.807, 2.05) is 12.1 Å². The third kappa shape index (κ3) is 8.58. The summed E-state index contributed by atoms with van der Waals surface area (Å²) in [5.41, 5.74) is 1.97. The van der Waals surface area contributed by atoms with E-state index in [0.29, 0.717) is 23.3 Å². The van der Waals surface area contributed by atoms with Crippen LogP contribution in [-0.2, 0) is 11.1 Å². The molecule has 0 saturated heterocycles. The van der Waals surface area contributed by atoms with Gasteiger partial charge >= 0.3 is 0 Å². The van der Waals surface area contributed by atoms with E-state index in [1.165, 1.54) is 44.9 Å². The third-order valence-electron chi connectivity index (χ3n) is 5.71. The summed E-state index contributed by atoms with van der Waals surface area (Å²) in [6.45, 7) is 2.23. The summed E-state index contributed by atoms with van der Waals surface area (Å²) in [7, 11) is 1.59. The van der Waals surface area contributed by atoms with Gasteiger partial charge in [-0.3, -0.25) is 4.79 Å². The zero-order chi connectivity index (χ0) is 22.5. The Labute approximate surface area is 189 Å². The van der Waals surface area contributed by atoms with E-state index in [4.69, 9.17) is 4.74 Å². The number of hydrogen-bond acceptors (Lipinski definition) is 3. The van der Waals surface area contributed by atoms with Gasteiger partial charge in [-0.25, -0.2) is 4.21 Å². The number of hydrogen-bond donors (Lipinski definition) is 1. The standard InChI is InChI=1S/C26H36O4S/c1-3-4-5-6-7-8-9-10-11-12-25(31(28)29)21-13-15-22(16-14-21)26(27)23-17-19-24(30-2)20-18-23/h13-20,25H,3-12H2,1-2H3,(H,28,29). The minimum absolute atomic E-state index is 0.0742. The Morgan fingerprint density at radius 2 is 1.32 bits per heavy atom. The van der Waals surface area contributed by atoms with Crippen molar-refractivity contribution in [2.24, 2.45) is 0 Å². The molecule has 0 bridgehead atoms. The molecule has 2 unspecified atom stereocenters. The van der Waals surface area contributed by atoms with Crippen LogP contribution in [0.15, 0.2) is 48.5 Å². The van der Waals surface area contributed by atoms with E-state index in [9.17, 15) is 13.6 Å². The van der Waals surface area contributed by atoms with Gasteiger partial charge < -0.3 is 9.29 Å². The van der Waals surface area contributed by atoms with Crippen LogP contribution in [0.2, 0.25) is 0 Å². The number of rotatable bonds is 15. The third-order valence-corrected chi connectivity index (χ3v) is 6.70. The maximum Gasteiger partial charge on any atom is 0.193 e. The Morgan fingerprint density at radius 1 is 0.839 bits per heavy atom. The maximum atomic E-state index is 12.7. The fourth-order valence-electron chi connectivity index (χ4n) is 3.78. The molecule has 0 saturated carbocycles. The first-order chi connectivity index (χ1) is 15.1. The van der Waals surface area contributed by atoms with Crippen LogP contribution in [0.4, 0.5) is 0 Å². The van der Waals surface area contributed by atoms with Crippen LogP contribution >= 0.6 is 0 Å². The summed E-state index contributed by atoms with van der Waals surface area (Å²) in [4.78, 5) is 12.7. The molecule has 1 N–H and O–H groups in total. The van der Waals surface area contributed by atoms with Gasteiger partial charge in [0.2, 0.25) is 0 Å². The van der Waals surface area contributed by atoms with Crippen LogP contribution in [0.3, 0.4) is 0 Å². The van der Waals surface area contributed by atoms with Crippen molar-refractivity contribution in [2.45, 2.75) is 76.4 Å². The molecule has 2 aromatic carbocycles. The van der Waals surface area contributed by atoms with Crippen LogP contribution in [0.1, 0.15) is 97.9 Å². The lowest BCUT2D eigenvalue weighted by molar-refractivity contribution is 0.103. The Kier molecular flexibility index (Phi) is 11.5. The lowest BCUT2D eigenvalue weighted by Gasteiger charge is -2.14. The highest BCUT2D eigenvalue weighted by atomic mass is 32.2. The highest BCUT2D eigenvalue weighted by molar-refractivity contribution is 7.79. The van der Waals surface area contributed by atoms with E-state index < -0.39 is 16.3 Å². The second-order valence-corrected chi connectivity index (χ2v) is 9.18. The SMILES string of the molecule is CCCCCCCCCCCC(c1ccc(C(=O)c2ccc(OC)cc2)cc1)S(=O)O. The van der Waals surface area contributed by atoms with Crippen LogP contribution in [0, 0.1) is 0 Å². The van der Waals surface area contributed by atoms with Crippen molar-refractivity contribution in [3.63, 3.8) is 0 Å². The average molecular weight is 445 g/mol. The normalized spacial score (nSPS) is 13.0. The second-order valence-electron chi connectivity index (χ2n) is 8.06. The van der Waals surface area contributed by atoms with Gasteiger partial charge in [0.15, 0.2) is 16.9 Å². The molecule has 0 aliphatic carbocycles. The molecule has 31 heavy (non-hydrogen) atoms. The molecule has 0 spiro atoms. The highest BCUT2D eigenvalue weighted by Gasteiger charge is 2.18. The fraction of sp³-hybridized carbons (Fsp3) is 0.500. The Balaban J connectivity index is 1.84. The predicted octanol–water partition coefficient (Wildman–Crippen LogP) is 7.11. The number of carbonyl (C=O) groups excluding carboxylic acids is 1. The summed E-state index contributed by atoms with van der Waals surface area (Å²) < 4.78 is 26.8. The molecular formula is C26H36O4S. The van der Waals surface area contributed by atoms with Crippen LogP contribution in [-0.4, -0.2) is 21.7 Å². The van der Waals surface area contributed by atoms with Gasteiger partial charge in [0.05, 0.1) is 12.4 Å². The smallest absolute Gasteiger partial charge is 0.193 e. The van der Waals surface area contributed by atoms with Crippen molar-refractivity contribution in [1.29, 1.82) is 0 Å². The van der Waals surface area contributed by atoms with Gasteiger partial charge in [-0.15, -0.1) is 0 Å². The van der Waals surface area contributed by atoms with Crippen LogP contribution in [0.5, 0.6) is 5.75 Å². The van der Waals surface area contributed by atoms with Crippen molar-refractivity contribution >= 4 is 16.9 Å². The summed E-state index contributed by atoms with van der Waals surface area (Å²) in [6, 6.07) is 14.1. The maximum absolute atomic E-state index is 12.7.